The molecule has 2 aromatic rings. The summed E-state index contributed by atoms with van der Waals surface area (Å²) in [6.45, 7) is 0. The smallest absolute Gasteiger partial charge is 0.339 e. The van der Waals surface area contributed by atoms with Crippen molar-refractivity contribution in [2.45, 2.75) is 31.6 Å². The molecular weight excluding hydrogens is 244 g/mol. The molecule has 1 aromatic carbocycles. The second-order valence-electron chi connectivity index (χ2n) is 4.96. The number of carboxylic acid groups (broad SMARTS) is 1. The van der Waals surface area contributed by atoms with Crippen LogP contribution in [0.25, 0.3) is 11.0 Å². The Hall–Kier alpha value is -1.97. The second-order valence-corrected chi connectivity index (χ2v) is 4.96. The van der Waals surface area contributed by atoms with Crippen LogP contribution in [-0.2, 0) is 0 Å². The first kappa shape index (κ1) is 12.1. The summed E-state index contributed by atoms with van der Waals surface area (Å²) in [5, 5.41) is 10.1. The van der Waals surface area contributed by atoms with E-state index in [1.165, 1.54) is 0 Å². The Morgan fingerprint density at radius 1 is 1.37 bits per heavy atom. The van der Waals surface area contributed by atoms with Gasteiger partial charge in [-0.1, -0.05) is 18.9 Å². The Balaban J connectivity index is 2.25. The molecule has 1 saturated carbocycles. The number of hydrogen-bond acceptors (Lipinski definition) is 3. The lowest BCUT2D eigenvalue weighted by Crippen LogP contribution is -2.02. The van der Waals surface area contributed by atoms with E-state index >= 15 is 0 Å². The molecule has 0 saturated heterocycles. The summed E-state index contributed by atoms with van der Waals surface area (Å²) in [6.07, 6.45) is 4.28. The van der Waals surface area contributed by atoms with Crippen molar-refractivity contribution in [3.05, 3.63) is 29.5 Å². The highest BCUT2D eigenvalue weighted by atomic mass is 16.5. The molecule has 1 aromatic heterocycles. The Labute approximate surface area is 111 Å². The van der Waals surface area contributed by atoms with Crippen LogP contribution in [-0.4, -0.2) is 18.2 Å². The fourth-order valence-corrected chi connectivity index (χ4v) is 2.97. The Kier molecular flexibility index (Phi) is 2.93. The van der Waals surface area contributed by atoms with Crippen molar-refractivity contribution >= 4 is 16.9 Å². The third-order valence-electron chi connectivity index (χ3n) is 3.87. The third kappa shape index (κ3) is 1.87. The van der Waals surface area contributed by atoms with Crippen molar-refractivity contribution in [3.63, 3.8) is 0 Å². The summed E-state index contributed by atoms with van der Waals surface area (Å²) >= 11 is 0. The van der Waals surface area contributed by atoms with Gasteiger partial charge in [-0.15, -0.1) is 0 Å². The Morgan fingerprint density at radius 3 is 2.74 bits per heavy atom. The van der Waals surface area contributed by atoms with Crippen molar-refractivity contribution in [1.82, 2.24) is 0 Å². The van der Waals surface area contributed by atoms with Crippen molar-refractivity contribution in [3.8, 4) is 5.75 Å². The number of ether oxygens (including phenoxy) is 1. The number of carboxylic acids is 1. The Bertz CT molecular complexity index is 620. The predicted molar refractivity (Wildman–Crippen MR) is 70.9 cm³/mol. The molecule has 1 fully saturated rings. The molecule has 4 heteroatoms. The van der Waals surface area contributed by atoms with Gasteiger partial charge in [0, 0.05) is 11.3 Å². The Morgan fingerprint density at radius 2 is 2.11 bits per heavy atom. The zero-order valence-corrected chi connectivity index (χ0v) is 10.8. The van der Waals surface area contributed by atoms with Gasteiger partial charge in [0.25, 0.3) is 0 Å². The molecule has 1 heterocycles. The molecule has 3 rings (SSSR count). The lowest BCUT2D eigenvalue weighted by molar-refractivity contribution is 0.0695. The van der Waals surface area contributed by atoms with E-state index in [-0.39, 0.29) is 5.92 Å². The largest absolute Gasteiger partial charge is 0.493 e. The van der Waals surface area contributed by atoms with Crippen molar-refractivity contribution < 1.29 is 19.1 Å². The van der Waals surface area contributed by atoms with Crippen LogP contribution in [0, 0.1) is 0 Å². The molecule has 19 heavy (non-hydrogen) atoms. The highest BCUT2D eigenvalue weighted by Crippen LogP contribution is 2.42. The van der Waals surface area contributed by atoms with Gasteiger partial charge in [0.1, 0.15) is 11.3 Å². The minimum Gasteiger partial charge on any atom is -0.493 e. The number of hydrogen-bond donors (Lipinski definition) is 1. The summed E-state index contributed by atoms with van der Waals surface area (Å²) < 4.78 is 11.1. The van der Waals surface area contributed by atoms with Crippen LogP contribution in [0.5, 0.6) is 5.75 Å². The van der Waals surface area contributed by atoms with E-state index in [4.69, 9.17) is 9.15 Å². The first-order valence-corrected chi connectivity index (χ1v) is 6.55. The van der Waals surface area contributed by atoms with Crippen LogP contribution in [0.15, 0.2) is 22.6 Å². The second kappa shape index (κ2) is 4.61. The van der Waals surface area contributed by atoms with Crippen molar-refractivity contribution in [2.75, 3.05) is 7.11 Å². The quantitative estimate of drug-likeness (QED) is 0.911. The zero-order valence-electron chi connectivity index (χ0n) is 10.8. The minimum atomic E-state index is -0.922. The molecule has 4 nitrogen and oxygen atoms in total. The summed E-state index contributed by atoms with van der Waals surface area (Å²) in [5.74, 6) is 0.505. The summed E-state index contributed by atoms with van der Waals surface area (Å²) in [6, 6.07) is 5.36. The fraction of sp³-hybridized carbons (Fsp3) is 0.400. The van der Waals surface area contributed by atoms with Gasteiger partial charge in [0.2, 0.25) is 0 Å². The average molecular weight is 260 g/mol. The van der Waals surface area contributed by atoms with Crippen LogP contribution < -0.4 is 4.74 Å². The van der Waals surface area contributed by atoms with Gasteiger partial charge in [-0.05, 0) is 25.0 Å². The normalized spacial score (nSPS) is 16.1. The molecular formula is C15H16O4. The number of fused-ring (bicyclic) bond motifs is 1. The van der Waals surface area contributed by atoms with Crippen molar-refractivity contribution in [2.24, 2.45) is 0 Å². The molecule has 0 amide bonds. The maximum atomic E-state index is 11.6. The number of carbonyl (C=O) groups is 1. The van der Waals surface area contributed by atoms with E-state index in [1.54, 1.807) is 25.3 Å². The molecule has 1 aliphatic rings. The van der Waals surface area contributed by atoms with Crippen LogP contribution >= 0.6 is 0 Å². The van der Waals surface area contributed by atoms with Gasteiger partial charge in [-0.2, -0.15) is 0 Å². The monoisotopic (exact) mass is 260 g/mol. The number of para-hydroxylation sites is 1. The van der Waals surface area contributed by atoms with Gasteiger partial charge in [-0.25, -0.2) is 4.79 Å². The number of benzene rings is 1. The standard InChI is InChI=1S/C15H16O4/c1-18-11-8-4-7-10-12(15(16)17)13(19-14(10)11)9-5-2-3-6-9/h4,7-9H,2-3,5-6H2,1H3,(H,16,17). The SMILES string of the molecule is COc1cccc2c(C(=O)O)c(C3CCCC3)oc12. The van der Waals surface area contributed by atoms with E-state index < -0.39 is 5.97 Å². The van der Waals surface area contributed by atoms with Crippen LogP contribution in [0.3, 0.4) is 0 Å². The van der Waals surface area contributed by atoms with E-state index in [0.29, 0.717) is 28.0 Å². The fourth-order valence-electron chi connectivity index (χ4n) is 2.97. The van der Waals surface area contributed by atoms with Gasteiger partial charge < -0.3 is 14.3 Å². The molecule has 0 bridgehead atoms. The molecule has 0 unspecified atom stereocenters. The van der Waals surface area contributed by atoms with E-state index in [1.807, 2.05) is 0 Å². The lowest BCUT2D eigenvalue weighted by atomic mass is 9.99. The zero-order chi connectivity index (χ0) is 13.4. The highest BCUT2D eigenvalue weighted by molar-refractivity contribution is 6.05. The molecule has 1 aliphatic carbocycles. The van der Waals surface area contributed by atoms with Crippen LogP contribution in [0.2, 0.25) is 0 Å². The maximum Gasteiger partial charge on any atom is 0.339 e. The van der Waals surface area contributed by atoms with Gasteiger partial charge in [0.05, 0.1) is 7.11 Å². The van der Waals surface area contributed by atoms with Crippen LogP contribution in [0.1, 0.15) is 47.7 Å². The van der Waals surface area contributed by atoms with E-state index in [9.17, 15) is 9.90 Å². The molecule has 0 aliphatic heterocycles. The molecule has 100 valence electrons. The first-order chi connectivity index (χ1) is 9.22. The van der Waals surface area contributed by atoms with Crippen LogP contribution in [0.4, 0.5) is 0 Å². The average Bonchev–Trinajstić information content (AvgIpc) is 3.04. The van der Waals surface area contributed by atoms with Gasteiger partial charge in [-0.3, -0.25) is 0 Å². The topological polar surface area (TPSA) is 59.7 Å². The molecule has 0 radical (unpaired) electrons. The highest BCUT2D eigenvalue weighted by Gasteiger charge is 2.29. The number of aromatic carboxylic acids is 1. The summed E-state index contributed by atoms with van der Waals surface area (Å²) in [5.41, 5.74) is 0.852. The minimum absolute atomic E-state index is 0.225. The van der Waals surface area contributed by atoms with Crippen molar-refractivity contribution in [1.29, 1.82) is 0 Å². The van der Waals surface area contributed by atoms with Gasteiger partial charge >= 0.3 is 5.97 Å². The maximum absolute atomic E-state index is 11.6. The number of methoxy groups -OCH3 is 1. The predicted octanol–water partition coefficient (Wildman–Crippen LogP) is 3.80. The number of rotatable bonds is 3. The molecule has 1 N–H and O–H groups in total. The van der Waals surface area contributed by atoms with Gasteiger partial charge in [0.15, 0.2) is 11.3 Å². The third-order valence-corrected chi connectivity index (χ3v) is 3.87. The van der Waals surface area contributed by atoms with E-state index in [0.717, 1.165) is 25.7 Å². The summed E-state index contributed by atoms with van der Waals surface area (Å²) in [4.78, 5) is 11.6. The first-order valence-electron chi connectivity index (χ1n) is 6.55. The molecule has 0 atom stereocenters. The number of furan rings is 1. The molecule has 0 spiro atoms. The summed E-state index contributed by atoms with van der Waals surface area (Å²) in [7, 11) is 1.56. The lowest BCUT2D eigenvalue weighted by Gasteiger charge is -2.05. The van der Waals surface area contributed by atoms with E-state index in [2.05, 4.69) is 0 Å².